The van der Waals surface area contributed by atoms with Crippen LogP contribution >= 0.6 is 0 Å². The van der Waals surface area contributed by atoms with Crippen molar-refractivity contribution in [3.63, 3.8) is 0 Å². The van der Waals surface area contributed by atoms with E-state index in [0.29, 0.717) is 25.1 Å². The Labute approximate surface area is 182 Å². The number of benzene rings is 2. The summed E-state index contributed by atoms with van der Waals surface area (Å²) in [5.74, 6) is -1.02. The van der Waals surface area contributed by atoms with E-state index in [2.05, 4.69) is 5.32 Å². The maximum absolute atomic E-state index is 14.2. The second-order valence-corrected chi connectivity index (χ2v) is 8.62. The Balaban J connectivity index is 1.45. The van der Waals surface area contributed by atoms with Gasteiger partial charge in [0, 0.05) is 24.8 Å². The molecule has 1 saturated heterocycles. The standard InChI is InChI=1S/C25H29FN2O3/c1-16-7-5-11-23(17(16)2)27-24(29)15-28(14-18-8-6-12-31-18)25(30)21-13-20(21)19-9-3-4-10-22(19)26/h3-5,7,9-11,18,20-21H,6,8,12-15H2,1-2H3,(H,27,29). The number of nitrogens with one attached hydrogen (secondary N) is 1. The zero-order valence-electron chi connectivity index (χ0n) is 18.1. The third-order valence-electron chi connectivity index (χ3n) is 6.39. The van der Waals surface area contributed by atoms with E-state index in [1.165, 1.54) is 6.07 Å². The number of aryl methyl sites for hydroxylation is 1. The Hall–Kier alpha value is -2.73. The Morgan fingerprint density at radius 3 is 2.71 bits per heavy atom. The Morgan fingerprint density at radius 1 is 1.16 bits per heavy atom. The maximum Gasteiger partial charge on any atom is 0.244 e. The number of anilines is 1. The van der Waals surface area contributed by atoms with Crippen molar-refractivity contribution in [3.05, 3.63) is 65.0 Å². The first-order chi connectivity index (χ1) is 14.9. The number of carbonyl (C=O) groups is 2. The molecule has 0 bridgehead atoms. The molecule has 2 aromatic rings. The van der Waals surface area contributed by atoms with E-state index in [4.69, 9.17) is 4.74 Å². The smallest absolute Gasteiger partial charge is 0.244 e. The molecule has 0 spiro atoms. The predicted octanol–water partition coefficient (Wildman–Crippen LogP) is 4.19. The van der Waals surface area contributed by atoms with E-state index in [9.17, 15) is 14.0 Å². The van der Waals surface area contributed by atoms with Crippen LogP contribution in [-0.4, -0.2) is 42.5 Å². The van der Waals surface area contributed by atoms with Gasteiger partial charge in [-0.3, -0.25) is 9.59 Å². The summed E-state index contributed by atoms with van der Waals surface area (Å²) < 4.78 is 19.9. The lowest BCUT2D eigenvalue weighted by molar-refractivity contribution is -0.137. The van der Waals surface area contributed by atoms with Crippen LogP contribution in [0, 0.1) is 25.6 Å². The predicted molar refractivity (Wildman–Crippen MR) is 117 cm³/mol. The number of ether oxygens (including phenoxy) is 1. The second kappa shape index (κ2) is 9.18. The summed E-state index contributed by atoms with van der Waals surface area (Å²) in [4.78, 5) is 27.7. The fourth-order valence-corrected chi connectivity index (χ4v) is 4.34. The minimum atomic E-state index is -0.285. The molecular formula is C25H29FN2O3. The molecule has 2 aromatic carbocycles. The highest BCUT2D eigenvalue weighted by Gasteiger charge is 2.47. The molecule has 4 rings (SSSR count). The third kappa shape index (κ3) is 4.96. The molecule has 3 unspecified atom stereocenters. The fourth-order valence-electron chi connectivity index (χ4n) is 4.34. The number of carbonyl (C=O) groups excluding carboxylic acids is 2. The molecule has 1 N–H and O–H groups in total. The van der Waals surface area contributed by atoms with Crippen molar-refractivity contribution in [2.75, 3.05) is 25.0 Å². The van der Waals surface area contributed by atoms with Crippen molar-refractivity contribution >= 4 is 17.5 Å². The summed E-state index contributed by atoms with van der Waals surface area (Å²) in [6.45, 7) is 4.99. The van der Waals surface area contributed by atoms with Crippen LogP contribution < -0.4 is 5.32 Å². The minimum absolute atomic E-state index is 0.0352. The largest absolute Gasteiger partial charge is 0.376 e. The minimum Gasteiger partial charge on any atom is -0.376 e. The third-order valence-corrected chi connectivity index (χ3v) is 6.39. The summed E-state index contributed by atoms with van der Waals surface area (Å²) in [6.07, 6.45) is 2.40. The van der Waals surface area contributed by atoms with E-state index in [1.807, 2.05) is 32.0 Å². The Bertz CT molecular complexity index is 971. The van der Waals surface area contributed by atoms with Crippen LogP contribution in [0.1, 0.15) is 41.9 Å². The van der Waals surface area contributed by atoms with Gasteiger partial charge in [-0.2, -0.15) is 0 Å². The van der Waals surface area contributed by atoms with Crippen LogP contribution in [0.25, 0.3) is 0 Å². The summed E-state index contributed by atoms with van der Waals surface area (Å²) >= 11 is 0. The second-order valence-electron chi connectivity index (χ2n) is 8.62. The lowest BCUT2D eigenvalue weighted by atomic mass is 10.1. The molecule has 1 aliphatic carbocycles. The van der Waals surface area contributed by atoms with Crippen molar-refractivity contribution in [1.29, 1.82) is 0 Å². The van der Waals surface area contributed by atoms with Gasteiger partial charge in [0.2, 0.25) is 11.8 Å². The molecular weight excluding hydrogens is 395 g/mol. The monoisotopic (exact) mass is 424 g/mol. The van der Waals surface area contributed by atoms with Gasteiger partial charge in [-0.05, 0) is 67.9 Å². The molecule has 1 aliphatic heterocycles. The first-order valence-electron chi connectivity index (χ1n) is 10.9. The highest BCUT2D eigenvalue weighted by Crippen LogP contribution is 2.49. The SMILES string of the molecule is Cc1cccc(NC(=O)CN(CC2CCCO2)C(=O)C2CC2c2ccccc2F)c1C. The number of rotatable bonds is 7. The molecule has 3 atom stereocenters. The summed E-state index contributed by atoms with van der Waals surface area (Å²) in [7, 11) is 0. The highest BCUT2D eigenvalue weighted by molar-refractivity contribution is 5.96. The van der Waals surface area contributed by atoms with Gasteiger partial charge in [0.1, 0.15) is 5.82 Å². The van der Waals surface area contributed by atoms with Crippen LogP contribution in [0.15, 0.2) is 42.5 Å². The summed E-state index contributed by atoms with van der Waals surface area (Å²) in [5.41, 5.74) is 3.44. The quantitative estimate of drug-likeness (QED) is 0.725. The molecule has 1 heterocycles. The number of amides is 2. The average molecular weight is 425 g/mol. The lowest BCUT2D eigenvalue weighted by Gasteiger charge is -2.25. The van der Waals surface area contributed by atoms with Gasteiger partial charge < -0.3 is 15.0 Å². The number of nitrogens with zero attached hydrogens (tertiary/aromatic N) is 1. The van der Waals surface area contributed by atoms with Crippen molar-refractivity contribution < 1.29 is 18.7 Å². The van der Waals surface area contributed by atoms with E-state index >= 15 is 0 Å². The van der Waals surface area contributed by atoms with Crippen molar-refractivity contribution in [1.82, 2.24) is 4.90 Å². The van der Waals surface area contributed by atoms with Crippen LogP contribution in [0.5, 0.6) is 0 Å². The molecule has 6 heteroatoms. The first kappa shape index (κ1) is 21.5. The molecule has 31 heavy (non-hydrogen) atoms. The number of hydrogen-bond acceptors (Lipinski definition) is 3. The molecule has 164 valence electrons. The zero-order valence-corrected chi connectivity index (χ0v) is 18.1. The normalized spacial score (nSPS) is 22.2. The molecule has 2 amide bonds. The molecule has 2 fully saturated rings. The van der Waals surface area contributed by atoms with Crippen molar-refractivity contribution in [2.45, 2.75) is 45.1 Å². The van der Waals surface area contributed by atoms with Crippen molar-refractivity contribution in [2.24, 2.45) is 5.92 Å². The first-order valence-corrected chi connectivity index (χ1v) is 10.9. The van der Waals surface area contributed by atoms with E-state index in [-0.39, 0.29) is 42.1 Å². The van der Waals surface area contributed by atoms with Gasteiger partial charge in [-0.1, -0.05) is 30.3 Å². The van der Waals surface area contributed by atoms with E-state index in [0.717, 1.165) is 29.7 Å². The topological polar surface area (TPSA) is 58.6 Å². The highest BCUT2D eigenvalue weighted by atomic mass is 19.1. The van der Waals surface area contributed by atoms with E-state index in [1.54, 1.807) is 23.1 Å². The average Bonchev–Trinajstić information content (AvgIpc) is 3.37. The zero-order chi connectivity index (χ0) is 22.0. The number of hydrogen-bond donors (Lipinski definition) is 1. The van der Waals surface area contributed by atoms with Gasteiger partial charge in [-0.25, -0.2) is 4.39 Å². The van der Waals surface area contributed by atoms with Gasteiger partial charge in [0.25, 0.3) is 0 Å². The van der Waals surface area contributed by atoms with Gasteiger partial charge >= 0.3 is 0 Å². The maximum atomic E-state index is 14.2. The lowest BCUT2D eigenvalue weighted by Crippen LogP contribution is -2.43. The fraction of sp³-hybridized carbons (Fsp3) is 0.440. The van der Waals surface area contributed by atoms with Crippen LogP contribution in [-0.2, 0) is 14.3 Å². The number of halogens is 1. The summed E-state index contributed by atoms with van der Waals surface area (Å²) in [5, 5.41) is 2.94. The van der Waals surface area contributed by atoms with Gasteiger partial charge in [0.15, 0.2) is 0 Å². The van der Waals surface area contributed by atoms with Crippen LogP contribution in [0.2, 0.25) is 0 Å². The Kier molecular flexibility index (Phi) is 6.37. The molecule has 5 nitrogen and oxygen atoms in total. The van der Waals surface area contributed by atoms with Crippen molar-refractivity contribution in [3.8, 4) is 0 Å². The van der Waals surface area contributed by atoms with Gasteiger partial charge in [-0.15, -0.1) is 0 Å². The van der Waals surface area contributed by atoms with E-state index < -0.39 is 0 Å². The summed E-state index contributed by atoms with van der Waals surface area (Å²) in [6, 6.07) is 12.4. The van der Waals surface area contributed by atoms with Gasteiger partial charge in [0.05, 0.1) is 12.6 Å². The molecule has 0 aromatic heterocycles. The van der Waals surface area contributed by atoms with Crippen LogP contribution in [0.4, 0.5) is 10.1 Å². The van der Waals surface area contributed by atoms with Crippen LogP contribution in [0.3, 0.4) is 0 Å². The molecule has 2 aliphatic rings. The molecule has 0 radical (unpaired) electrons. The Morgan fingerprint density at radius 2 is 1.97 bits per heavy atom. The molecule has 1 saturated carbocycles.